The lowest BCUT2D eigenvalue weighted by atomic mass is 10.2. The molecule has 10 heavy (non-hydrogen) atoms. The predicted octanol–water partition coefficient (Wildman–Crippen LogP) is 2.29. The maximum absolute atomic E-state index is 3.72. The van der Waals surface area contributed by atoms with Gasteiger partial charge in [0, 0.05) is 18.6 Å². The van der Waals surface area contributed by atoms with Crippen molar-refractivity contribution in [2.24, 2.45) is 0 Å². The molecule has 0 aliphatic heterocycles. The van der Waals surface area contributed by atoms with Crippen molar-refractivity contribution < 1.29 is 0 Å². The largest absolute Gasteiger partial charge is 0.295 e. The van der Waals surface area contributed by atoms with Gasteiger partial charge in [-0.15, -0.1) is 6.58 Å². The van der Waals surface area contributed by atoms with E-state index in [2.05, 4.69) is 39.2 Å². The van der Waals surface area contributed by atoms with Gasteiger partial charge in [0.1, 0.15) is 0 Å². The lowest BCUT2D eigenvalue weighted by Crippen LogP contribution is -2.36. The van der Waals surface area contributed by atoms with Crippen molar-refractivity contribution in [3.05, 3.63) is 12.7 Å². The van der Waals surface area contributed by atoms with Gasteiger partial charge in [-0.1, -0.05) is 6.08 Å². The summed E-state index contributed by atoms with van der Waals surface area (Å²) in [6.45, 7) is 13.6. The topological polar surface area (TPSA) is 3.24 Å². The zero-order chi connectivity index (χ0) is 8.15. The van der Waals surface area contributed by atoms with Crippen molar-refractivity contribution >= 4 is 0 Å². The molecule has 0 atom stereocenters. The Balaban J connectivity index is 3.84. The van der Waals surface area contributed by atoms with E-state index in [1.165, 1.54) is 0 Å². The normalized spacial score (nSPS) is 11.5. The lowest BCUT2D eigenvalue weighted by molar-refractivity contribution is 0.196. The minimum atomic E-state index is 0.623. The third-order valence-electron chi connectivity index (χ3n) is 1.67. The fourth-order valence-electron chi connectivity index (χ4n) is 1.17. The van der Waals surface area contributed by atoms with E-state index < -0.39 is 0 Å². The summed E-state index contributed by atoms with van der Waals surface area (Å²) in [6, 6.07) is 1.25. The highest BCUT2D eigenvalue weighted by Gasteiger charge is 2.09. The van der Waals surface area contributed by atoms with Crippen LogP contribution in [0.3, 0.4) is 0 Å². The third kappa shape index (κ3) is 3.02. The molecule has 0 aliphatic carbocycles. The van der Waals surface area contributed by atoms with Crippen LogP contribution in [-0.2, 0) is 0 Å². The van der Waals surface area contributed by atoms with Crippen LogP contribution in [0.25, 0.3) is 0 Å². The minimum Gasteiger partial charge on any atom is -0.295 e. The van der Waals surface area contributed by atoms with Crippen LogP contribution in [0.4, 0.5) is 0 Å². The third-order valence-corrected chi connectivity index (χ3v) is 1.67. The van der Waals surface area contributed by atoms with Crippen molar-refractivity contribution in [2.45, 2.75) is 39.8 Å². The molecule has 0 aromatic heterocycles. The Bertz CT molecular complexity index is 86.9. The van der Waals surface area contributed by atoms with Crippen molar-refractivity contribution in [1.29, 1.82) is 0 Å². The Labute approximate surface area is 64.7 Å². The van der Waals surface area contributed by atoms with Crippen LogP contribution < -0.4 is 0 Å². The first-order valence-corrected chi connectivity index (χ1v) is 3.96. The van der Waals surface area contributed by atoms with E-state index in [1.807, 2.05) is 6.08 Å². The van der Waals surface area contributed by atoms with E-state index in [-0.39, 0.29) is 0 Å². The molecular formula is C9H19N. The maximum atomic E-state index is 3.72. The molecule has 0 fully saturated rings. The van der Waals surface area contributed by atoms with Crippen LogP contribution in [0.5, 0.6) is 0 Å². The molecule has 0 aromatic carbocycles. The van der Waals surface area contributed by atoms with Crippen molar-refractivity contribution in [3.63, 3.8) is 0 Å². The molecule has 0 bridgehead atoms. The molecule has 1 nitrogen and oxygen atoms in total. The minimum absolute atomic E-state index is 0.623. The van der Waals surface area contributed by atoms with Gasteiger partial charge < -0.3 is 0 Å². The van der Waals surface area contributed by atoms with Crippen molar-refractivity contribution in [1.82, 2.24) is 4.90 Å². The van der Waals surface area contributed by atoms with Gasteiger partial charge in [-0.05, 0) is 27.7 Å². The number of hydrogen-bond donors (Lipinski definition) is 0. The maximum Gasteiger partial charge on any atom is 0.0166 e. The Morgan fingerprint density at radius 2 is 1.60 bits per heavy atom. The summed E-state index contributed by atoms with van der Waals surface area (Å²) in [5.41, 5.74) is 0. The van der Waals surface area contributed by atoms with Gasteiger partial charge in [0.15, 0.2) is 0 Å². The number of nitrogens with zero attached hydrogens (tertiary/aromatic N) is 1. The fourth-order valence-corrected chi connectivity index (χ4v) is 1.17. The van der Waals surface area contributed by atoms with Crippen LogP contribution in [0.1, 0.15) is 27.7 Å². The summed E-state index contributed by atoms with van der Waals surface area (Å²) in [5, 5.41) is 0. The van der Waals surface area contributed by atoms with E-state index in [1.54, 1.807) is 0 Å². The molecule has 0 rings (SSSR count). The molecule has 0 heterocycles. The average Bonchev–Trinajstić information content (AvgIpc) is 1.81. The molecule has 0 radical (unpaired) electrons. The second-order valence-electron chi connectivity index (χ2n) is 3.17. The smallest absolute Gasteiger partial charge is 0.0166 e. The fraction of sp³-hybridized carbons (Fsp3) is 0.778. The molecular weight excluding hydrogens is 122 g/mol. The van der Waals surface area contributed by atoms with Gasteiger partial charge in [-0.2, -0.15) is 0 Å². The molecule has 1 heteroatoms. The molecule has 0 unspecified atom stereocenters. The monoisotopic (exact) mass is 141 g/mol. The Kier molecular flexibility index (Phi) is 4.37. The second-order valence-corrected chi connectivity index (χ2v) is 3.17. The summed E-state index contributed by atoms with van der Waals surface area (Å²) >= 11 is 0. The van der Waals surface area contributed by atoms with E-state index in [0.717, 1.165) is 6.54 Å². The van der Waals surface area contributed by atoms with Crippen LogP contribution in [0.15, 0.2) is 12.7 Å². The predicted molar refractivity (Wildman–Crippen MR) is 47.2 cm³/mol. The van der Waals surface area contributed by atoms with Gasteiger partial charge in [-0.3, -0.25) is 4.90 Å². The van der Waals surface area contributed by atoms with E-state index in [0.29, 0.717) is 12.1 Å². The first-order valence-electron chi connectivity index (χ1n) is 3.96. The van der Waals surface area contributed by atoms with Gasteiger partial charge in [0.2, 0.25) is 0 Å². The number of rotatable bonds is 4. The van der Waals surface area contributed by atoms with Crippen molar-refractivity contribution in [3.8, 4) is 0 Å². The summed E-state index contributed by atoms with van der Waals surface area (Å²) < 4.78 is 0. The highest BCUT2D eigenvalue weighted by Crippen LogP contribution is 2.03. The SMILES string of the molecule is C=CCN(C(C)C)C(C)C. The molecule has 60 valence electrons. The Morgan fingerprint density at radius 3 is 1.70 bits per heavy atom. The Hall–Kier alpha value is -0.300. The molecule has 0 aliphatic rings. The van der Waals surface area contributed by atoms with Gasteiger partial charge in [0.05, 0.1) is 0 Å². The van der Waals surface area contributed by atoms with E-state index in [4.69, 9.17) is 0 Å². The molecule has 0 N–H and O–H groups in total. The van der Waals surface area contributed by atoms with Crippen LogP contribution in [0, 0.1) is 0 Å². The van der Waals surface area contributed by atoms with Crippen LogP contribution in [-0.4, -0.2) is 23.5 Å². The summed E-state index contributed by atoms with van der Waals surface area (Å²) in [5.74, 6) is 0. The van der Waals surface area contributed by atoms with Gasteiger partial charge >= 0.3 is 0 Å². The lowest BCUT2D eigenvalue weighted by Gasteiger charge is -2.28. The highest BCUT2D eigenvalue weighted by atomic mass is 15.2. The summed E-state index contributed by atoms with van der Waals surface area (Å²) in [7, 11) is 0. The summed E-state index contributed by atoms with van der Waals surface area (Å²) in [6.07, 6.45) is 1.96. The quantitative estimate of drug-likeness (QED) is 0.543. The van der Waals surface area contributed by atoms with Gasteiger partial charge in [-0.25, -0.2) is 0 Å². The van der Waals surface area contributed by atoms with Gasteiger partial charge in [0.25, 0.3) is 0 Å². The number of hydrogen-bond acceptors (Lipinski definition) is 1. The molecule has 0 amide bonds. The average molecular weight is 141 g/mol. The van der Waals surface area contributed by atoms with Crippen LogP contribution in [0.2, 0.25) is 0 Å². The van der Waals surface area contributed by atoms with Crippen molar-refractivity contribution in [2.75, 3.05) is 6.54 Å². The molecule has 0 aromatic rings. The standard InChI is InChI=1S/C9H19N/c1-6-7-10(8(2)3)9(4)5/h6,8-9H,1,7H2,2-5H3. The molecule has 0 saturated carbocycles. The van der Waals surface area contributed by atoms with E-state index >= 15 is 0 Å². The van der Waals surface area contributed by atoms with E-state index in [9.17, 15) is 0 Å². The second kappa shape index (κ2) is 4.51. The molecule has 0 spiro atoms. The Morgan fingerprint density at radius 1 is 1.20 bits per heavy atom. The highest BCUT2D eigenvalue weighted by molar-refractivity contribution is 4.77. The zero-order valence-corrected chi connectivity index (χ0v) is 7.59. The van der Waals surface area contributed by atoms with Crippen LogP contribution >= 0.6 is 0 Å². The zero-order valence-electron chi connectivity index (χ0n) is 7.59. The summed E-state index contributed by atoms with van der Waals surface area (Å²) in [4.78, 5) is 2.40. The first-order chi connectivity index (χ1) is 4.59. The molecule has 0 saturated heterocycles. The first kappa shape index (κ1) is 9.70.